The van der Waals surface area contributed by atoms with Gasteiger partial charge in [0.1, 0.15) is 5.54 Å². The Bertz CT molecular complexity index is 264. The van der Waals surface area contributed by atoms with Crippen molar-refractivity contribution < 1.29 is 19.8 Å². The van der Waals surface area contributed by atoms with Gasteiger partial charge in [0.05, 0.1) is 19.3 Å². The molecule has 0 aromatic rings. The van der Waals surface area contributed by atoms with E-state index in [1.807, 2.05) is 0 Å². The second kappa shape index (κ2) is 3.55. The highest BCUT2D eigenvalue weighted by atomic mass is 16.3. The summed E-state index contributed by atoms with van der Waals surface area (Å²) < 4.78 is 0. The van der Waals surface area contributed by atoms with Gasteiger partial charge in [-0.25, -0.2) is 4.79 Å². The number of hydrogen-bond donors (Lipinski definition) is 3. The van der Waals surface area contributed by atoms with E-state index in [1.54, 1.807) is 13.8 Å². The SMILES string of the molecule is CC1(C)C(=O)NC(=O)N1CC(O)CO. The molecule has 1 unspecified atom stereocenters. The van der Waals surface area contributed by atoms with Gasteiger partial charge >= 0.3 is 6.03 Å². The number of amides is 3. The van der Waals surface area contributed by atoms with Crippen LogP contribution in [0, 0.1) is 0 Å². The maximum Gasteiger partial charge on any atom is 0.325 e. The van der Waals surface area contributed by atoms with Crippen LogP contribution in [0.15, 0.2) is 0 Å². The van der Waals surface area contributed by atoms with Gasteiger partial charge < -0.3 is 15.1 Å². The molecule has 80 valence electrons. The fourth-order valence-corrected chi connectivity index (χ4v) is 1.27. The van der Waals surface area contributed by atoms with Gasteiger partial charge in [0.25, 0.3) is 5.91 Å². The molecule has 1 atom stereocenters. The van der Waals surface area contributed by atoms with Gasteiger partial charge in [0.15, 0.2) is 0 Å². The summed E-state index contributed by atoms with van der Waals surface area (Å²) in [5.41, 5.74) is -0.965. The molecule has 1 aliphatic heterocycles. The number of aliphatic hydroxyl groups excluding tert-OH is 2. The number of imide groups is 1. The lowest BCUT2D eigenvalue weighted by atomic mass is 10.0. The number of β-amino-alcohol motifs (C(OH)–C–C–N with tert-alkyl or cyclic N) is 1. The average Bonchev–Trinajstić information content (AvgIpc) is 2.28. The van der Waals surface area contributed by atoms with Crippen LogP contribution in [0.5, 0.6) is 0 Å². The predicted octanol–water partition coefficient (Wildman–Crippen LogP) is -1.33. The number of urea groups is 1. The van der Waals surface area contributed by atoms with Crippen molar-refractivity contribution in [2.24, 2.45) is 0 Å². The molecule has 6 heteroatoms. The van der Waals surface area contributed by atoms with Gasteiger partial charge in [0.2, 0.25) is 0 Å². The van der Waals surface area contributed by atoms with Gasteiger partial charge in [-0.05, 0) is 13.8 Å². The van der Waals surface area contributed by atoms with Crippen LogP contribution in [-0.4, -0.2) is 51.8 Å². The highest BCUT2D eigenvalue weighted by Crippen LogP contribution is 2.20. The Hall–Kier alpha value is -1.14. The third kappa shape index (κ3) is 1.71. The van der Waals surface area contributed by atoms with E-state index in [9.17, 15) is 14.7 Å². The molecule has 1 fully saturated rings. The number of nitrogens with one attached hydrogen (secondary N) is 1. The van der Waals surface area contributed by atoms with Crippen LogP contribution in [-0.2, 0) is 4.79 Å². The lowest BCUT2D eigenvalue weighted by Crippen LogP contribution is -2.48. The first-order valence-corrected chi connectivity index (χ1v) is 4.31. The summed E-state index contributed by atoms with van der Waals surface area (Å²) in [6.07, 6.45) is -1.02. The number of nitrogens with zero attached hydrogens (tertiary/aromatic N) is 1. The topological polar surface area (TPSA) is 89.9 Å². The van der Waals surface area contributed by atoms with Gasteiger partial charge in [-0.2, -0.15) is 0 Å². The summed E-state index contributed by atoms with van der Waals surface area (Å²) in [4.78, 5) is 23.7. The van der Waals surface area contributed by atoms with Crippen molar-refractivity contribution in [1.82, 2.24) is 10.2 Å². The first kappa shape index (κ1) is 10.9. The molecule has 1 rings (SSSR count). The van der Waals surface area contributed by atoms with Crippen molar-refractivity contribution in [2.75, 3.05) is 13.2 Å². The summed E-state index contributed by atoms with van der Waals surface area (Å²) in [6, 6.07) is -0.535. The molecule has 3 N–H and O–H groups in total. The van der Waals surface area contributed by atoms with Crippen LogP contribution in [0.1, 0.15) is 13.8 Å². The van der Waals surface area contributed by atoms with E-state index < -0.39 is 30.2 Å². The fourth-order valence-electron chi connectivity index (χ4n) is 1.27. The molecule has 0 bridgehead atoms. The minimum Gasteiger partial charge on any atom is -0.394 e. The Morgan fingerprint density at radius 3 is 2.43 bits per heavy atom. The van der Waals surface area contributed by atoms with Crippen LogP contribution in [0.3, 0.4) is 0 Å². The predicted molar refractivity (Wildman–Crippen MR) is 47.4 cm³/mol. The average molecular weight is 202 g/mol. The minimum absolute atomic E-state index is 0.0545. The molecule has 0 radical (unpaired) electrons. The molecule has 0 aromatic carbocycles. The zero-order valence-electron chi connectivity index (χ0n) is 8.15. The van der Waals surface area contributed by atoms with E-state index in [4.69, 9.17) is 5.11 Å². The van der Waals surface area contributed by atoms with E-state index >= 15 is 0 Å². The minimum atomic E-state index is -1.02. The number of aliphatic hydroxyl groups is 2. The molecule has 3 amide bonds. The van der Waals surface area contributed by atoms with Crippen LogP contribution >= 0.6 is 0 Å². The molecule has 1 aliphatic rings. The van der Waals surface area contributed by atoms with Crippen molar-refractivity contribution in [1.29, 1.82) is 0 Å². The molecule has 0 aromatic heterocycles. The molecule has 6 nitrogen and oxygen atoms in total. The Labute approximate surface area is 81.5 Å². The molecule has 0 saturated carbocycles. The summed E-state index contributed by atoms with van der Waals surface area (Å²) >= 11 is 0. The first-order valence-electron chi connectivity index (χ1n) is 4.31. The van der Waals surface area contributed by atoms with E-state index in [-0.39, 0.29) is 6.54 Å². The van der Waals surface area contributed by atoms with Crippen LogP contribution in [0.2, 0.25) is 0 Å². The first-order chi connectivity index (χ1) is 6.39. The van der Waals surface area contributed by atoms with Crippen molar-refractivity contribution in [3.05, 3.63) is 0 Å². The van der Waals surface area contributed by atoms with Gasteiger partial charge in [-0.3, -0.25) is 10.1 Å². The largest absolute Gasteiger partial charge is 0.394 e. The molecular formula is C8H14N2O4. The smallest absolute Gasteiger partial charge is 0.325 e. The molecular weight excluding hydrogens is 188 g/mol. The Morgan fingerprint density at radius 1 is 1.50 bits per heavy atom. The Balaban J connectivity index is 2.76. The molecule has 1 saturated heterocycles. The normalized spacial score (nSPS) is 22.4. The van der Waals surface area contributed by atoms with Crippen molar-refractivity contribution in [3.8, 4) is 0 Å². The second-order valence-electron chi connectivity index (χ2n) is 3.77. The van der Waals surface area contributed by atoms with E-state index in [0.717, 1.165) is 0 Å². The third-order valence-electron chi connectivity index (χ3n) is 2.30. The van der Waals surface area contributed by atoms with Crippen molar-refractivity contribution in [3.63, 3.8) is 0 Å². The fraction of sp³-hybridized carbons (Fsp3) is 0.750. The van der Waals surface area contributed by atoms with Crippen LogP contribution < -0.4 is 5.32 Å². The number of hydrogen-bond acceptors (Lipinski definition) is 4. The zero-order valence-corrected chi connectivity index (χ0v) is 8.15. The monoisotopic (exact) mass is 202 g/mol. The van der Waals surface area contributed by atoms with Gasteiger partial charge in [-0.15, -0.1) is 0 Å². The van der Waals surface area contributed by atoms with E-state index in [2.05, 4.69) is 5.32 Å². The maximum atomic E-state index is 11.3. The lowest BCUT2D eigenvalue weighted by Gasteiger charge is -2.29. The highest BCUT2D eigenvalue weighted by molar-refractivity contribution is 6.06. The molecule has 14 heavy (non-hydrogen) atoms. The Morgan fingerprint density at radius 2 is 2.07 bits per heavy atom. The van der Waals surface area contributed by atoms with E-state index in [0.29, 0.717) is 0 Å². The number of rotatable bonds is 3. The van der Waals surface area contributed by atoms with Crippen molar-refractivity contribution in [2.45, 2.75) is 25.5 Å². The van der Waals surface area contributed by atoms with Gasteiger partial charge in [-0.1, -0.05) is 0 Å². The molecule has 0 aliphatic carbocycles. The van der Waals surface area contributed by atoms with Gasteiger partial charge in [0, 0.05) is 0 Å². The highest BCUT2D eigenvalue weighted by Gasteiger charge is 2.45. The standard InChI is InChI=1S/C8H14N2O4/c1-8(2)6(13)9-7(14)10(8)3-5(12)4-11/h5,11-12H,3-4H2,1-2H3,(H,9,13,14). The zero-order chi connectivity index (χ0) is 10.9. The maximum absolute atomic E-state index is 11.3. The summed E-state index contributed by atoms with van der Waals surface area (Å²) in [5.74, 6) is -0.396. The Kier molecular flexibility index (Phi) is 2.77. The van der Waals surface area contributed by atoms with Crippen molar-refractivity contribution >= 4 is 11.9 Å². The summed E-state index contributed by atoms with van der Waals surface area (Å²) in [5, 5.41) is 19.9. The summed E-state index contributed by atoms with van der Waals surface area (Å²) in [6.45, 7) is 2.67. The second-order valence-corrected chi connectivity index (χ2v) is 3.77. The quantitative estimate of drug-likeness (QED) is 0.495. The number of carbonyl (C=O) groups excluding carboxylic acids is 2. The van der Waals surface area contributed by atoms with Crippen LogP contribution in [0.25, 0.3) is 0 Å². The molecule has 1 heterocycles. The summed E-state index contributed by atoms with van der Waals surface area (Å²) in [7, 11) is 0. The number of carbonyl (C=O) groups is 2. The lowest BCUT2D eigenvalue weighted by molar-refractivity contribution is -0.125. The van der Waals surface area contributed by atoms with Crippen LogP contribution in [0.4, 0.5) is 4.79 Å². The molecule has 0 spiro atoms. The third-order valence-corrected chi connectivity index (χ3v) is 2.30. The van der Waals surface area contributed by atoms with E-state index in [1.165, 1.54) is 4.90 Å².